The SMILES string of the molecule is COc1ccc(Br)c(OC)c1C(=O)OC(C)(C)C. The number of carbonyl (C=O) groups excluding carboxylic acids is 1. The number of ether oxygens (including phenoxy) is 3. The Balaban J connectivity index is 3.28. The van der Waals surface area contributed by atoms with Gasteiger partial charge >= 0.3 is 5.97 Å². The second kappa shape index (κ2) is 5.61. The fourth-order valence-electron chi connectivity index (χ4n) is 1.43. The number of esters is 1. The van der Waals surface area contributed by atoms with Crippen LogP contribution >= 0.6 is 15.9 Å². The molecule has 0 fully saturated rings. The van der Waals surface area contributed by atoms with E-state index in [9.17, 15) is 4.79 Å². The van der Waals surface area contributed by atoms with Gasteiger partial charge in [0.2, 0.25) is 0 Å². The molecule has 0 saturated carbocycles. The van der Waals surface area contributed by atoms with Crippen LogP contribution in [-0.2, 0) is 4.74 Å². The minimum Gasteiger partial charge on any atom is -0.496 e. The van der Waals surface area contributed by atoms with Crippen LogP contribution < -0.4 is 9.47 Å². The number of hydrogen-bond acceptors (Lipinski definition) is 4. The summed E-state index contributed by atoms with van der Waals surface area (Å²) in [5.41, 5.74) is -0.292. The van der Waals surface area contributed by atoms with E-state index >= 15 is 0 Å². The Morgan fingerprint density at radius 1 is 1.17 bits per heavy atom. The smallest absolute Gasteiger partial charge is 0.346 e. The molecule has 0 unspecified atom stereocenters. The molecule has 0 radical (unpaired) electrons. The van der Waals surface area contributed by atoms with Crippen molar-refractivity contribution in [2.24, 2.45) is 0 Å². The minimum absolute atomic E-state index is 0.282. The van der Waals surface area contributed by atoms with Crippen LogP contribution in [0.25, 0.3) is 0 Å². The molecule has 18 heavy (non-hydrogen) atoms. The van der Waals surface area contributed by atoms with Gasteiger partial charge in [-0.05, 0) is 48.8 Å². The third kappa shape index (κ3) is 3.38. The Morgan fingerprint density at radius 2 is 1.78 bits per heavy atom. The van der Waals surface area contributed by atoms with Crippen molar-refractivity contribution in [2.75, 3.05) is 14.2 Å². The van der Waals surface area contributed by atoms with Gasteiger partial charge in [-0.15, -0.1) is 0 Å². The van der Waals surface area contributed by atoms with E-state index in [0.29, 0.717) is 16.0 Å². The van der Waals surface area contributed by atoms with E-state index in [0.717, 1.165) is 0 Å². The highest BCUT2D eigenvalue weighted by Crippen LogP contribution is 2.36. The highest BCUT2D eigenvalue weighted by atomic mass is 79.9. The second-order valence-electron chi connectivity index (χ2n) is 4.66. The van der Waals surface area contributed by atoms with E-state index in [4.69, 9.17) is 14.2 Å². The summed E-state index contributed by atoms with van der Waals surface area (Å²) in [5.74, 6) is 0.352. The summed E-state index contributed by atoms with van der Waals surface area (Å²) in [7, 11) is 2.99. The fourth-order valence-corrected chi connectivity index (χ4v) is 1.92. The van der Waals surface area contributed by atoms with E-state index < -0.39 is 11.6 Å². The van der Waals surface area contributed by atoms with Crippen molar-refractivity contribution in [1.29, 1.82) is 0 Å². The highest BCUT2D eigenvalue weighted by molar-refractivity contribution is 9.10. The van der Waals surface area contributed by atoms with Crippen LogP contribution in [0.4, 0.5) is 0 Å². The summed E-state index contributed by atoms with van der Waals surface area (Å²) in [6, 6.07) is 3.44. The molecule has 1 aromatic rings. The normalized spacial score (nSPS) is 11.0. The number of carbonyl (C=O) groups is 1. The monoisotopic (exact) mass is 316 g/mol. The molecule has 0 spiro atoms. The van der Waals surface area contributed by atoms with Crippen molar-refractivity contribution in [3.8, 4) is 11.5 Å². The molecule has 0 aliphatic heterocycles. The number of halogens is 1. The zero-order chi connectivity index (χ0) is 13.9. The van der Waals surface area contributed by atoms with Crippen molar-refractivity contribution in [3.63, 3.8) is 0 Å². The van der Waals surface area contributed by atoms with Gasteiger partial charge in [0.15, 0.2) is 5.75 Å². The van der Waals surface area contributed by atoms with Gasteiger partial charge in [0.05, 0.1) is 18.7 Å². The Bertz CT molecular complexity index is 449. The van der Waals surface area contributed by atoms with E-state index in [1.807, 2.05) is 20.8 Å². The molecular formula is C13H17BrO4. The standard InChI is InChI=1S/C13H17BrO4/c1-13(2,3)18-12(15)10-9(16-4)7-6-8(14)11(10)17-5/h6-7H,1-5H3. The lowest BCUT2D eigenvalue weighted by Gasteiger charge is -2.21. The summed E-state index contributed by atoms with van der Waals surface area (Å²) < 4.78 is 16.4. The van der Waals surface area contributed by atoms with Gasteiger partial charge in [-0.3, -0.25) is 0 Å². The van der Waals surface area contributed by atoms with Gasteiger partial charge in [-0.1, -0.05) is 0 Å². The van der Waals surface area contributed by atoms with Crippen LogP contribution in [0.1, 0.15) is 31.1 Å². The van der Waals surface area contributed by atoms with E-state index in [2.05, 4.69) is 15.9 Å². The first-order valence-electron chi connectivity index (χ1n) is 5.44. The maximum atomic E-state index is 12.2. The molecule has 0 atom stereocenters. The van der Waals surface area contributed by atoms with Crippen molar-refractivity contribution in [3.05, 3.63) is 22.2 Å². The number of rotatable bonds is 3. The topological polar surface area (TPSA) is 44.8 Å². The molecular weight excluding hydrogens is 300 g/mol. The summed E-state index contributed by atoms with van der Waals surface area (Å²) in [5, 5.41) is 0. The van der Waals surface area contributed by atoms with Gasteiger partial charge in [0.25, 0.3) is 0 Å². The first-order chi connectivity index (χ1) is 8.30. The van der Waals surface area contributed by atoms with E-state index in [1.54, 1.807) is 12.1 Å². The first-order valence-corrected chi connectivity index (χ1v) is 6.23. The molecule has 4 nitrogen and oxygen atoms in total. The molecule has 0 N–H and O–H groups in total. The maximum absolute atomic E-state index is 12.2. The van der Waals surface area contributed by atoms with Crippen LogP contribution in [0, 0.1) is 0 Å². The van der Waals surface area contributed by atoms with Crippen molar-refractivity contribution >= 4 is 21.9 Å². The lowest BCUT2D eigenvalue weighted by molar-refractivity contribution is 0.00633. The lowest BCUT2D eigenvalue weighted by Crippen LogP contribution is -2.24. The molecule has 100 valence electrons. The zero-order valence-electron chi connectivity index (χ0n) is 11.2. The third-order valence-electron chi connectivity index (χ3n) is 2.10. The maximum Gasteiger partial charge on any atom is 0.346 e. The number of methoxy groups -OCH3 is 2. The number of hydrogen-bond donors (Lipinski definition) is 0. The van der Waals surface area contributed by atoms with Gasteiger partial charge in [-0.2, -0.15) is 0 Å². The summed E-state index contributed by atoms with van der Waals surface area (Å²) >= 11 is 3.33. The molecule has 1 rings (SSSR count). The Hall–Kier alpha value is -1.23. The molecule has 1 aromatic carbocycles. The molecule has 0 amide bonds. The van der Waals surface area contributed by atoms with Crippen molar-refractivity contribution in [2.45, 2.75) is 26.4 Å². The van der Waals surface area contributed by atoms with Gasteiger partial charge < -0.3 is 14.2 Å². The second-order valence-corrected chi connectivity index (χ2v) is 5.51. The molecule has 0 heterocycles. The van der Waals surface area contributed by atoms with E-state index in [-0.39, 0.29) is 5.56 Å². The third-order valence-corrected chi connectivity index (χ3v) is 2.72. The van der Waals surface area contributed by atoms with Gasteiger partial charge in [0.1, 0.15) is 16.9 Å². The van der Waals surface area contributed by atoms with E-state index in [1.165, 1.54) is 14.2 Å². The van der Waals surface area contributed by atoms with Crippen LogP contribution in [0.3, 0.4) is 0 Å². The zero-order valence-corrected chi connectivity index (χ0v) is 12.8. The predicted octanol–water partition coefficient (Wildman–Crippen LogP) is 3.42. The Kier molecular flexibility index (Phi) is 4.62. The van der Waals surface area contributed by atoms with Crippen LogP contribution in [0.2, 0.25) is 0 Å². The summed E-state index contributed by atoms with van der Waals surface area (Å²) in [6.07, 6.45) is 0. The van der Waals surface area contributed by atoms with Crippen LogP contribution in [-0.4, -0.2) is 25.8 Å². The molecule has 0 bridgehead atoms. The Labute approximate surface area is 115 Å². The van der Waals surface area contributed by atoms with Crippen LogP contribution in [0.5, 0.6) is 11.5 Å². The quantitative estimate of drug-likeness (QED) is 0.801. The minimum atomic E-state index is -0.574. The van der Waals surface area contributed by atoms with Crippen molar-refractivity contribution < 1.29 is 19.0 Å². The van der Waals surface area contributed by atoms with Gasteiger partial charge in [0, 0.05) is 0 Å². The number of benzene rings is 1. The largest absolute Gasteiger partial charge is 0.496 e. The summed E-state index contributed by atoms with van der Waals surface area (Å²) in [4.78, 5) is 12.2. The molecule has 0 aromatic heterocycles. The Morgan fingerprint density at radius 3 is 2.22 bits per heavy atom. The molecule has 0 aliphatic carbocycles. The average Bonchev–Trinajstić information content (AvgIpc) is 2.26. The molecule has 0 saturated heterocycles. The average molecular weight is 317 g/mol. The first kappa shape index (κ1) is 14.8. The fraction of sp³-hybridized carbons (Fsp3) is 0.462. The van der Waals surface area contributed by atoms with Crippen LogP contribution in [0.15, 0.2) is 16.6 Å². The molecule has 0 aliphatic rings. The predicted molar refractivity (Wildman–Crippen MR) is 72.4 cm³/mol. The highest BCUT2D eigenvalue weighted by Gasteiger charge is 2.26. The molecule has 5 heteroatoms. The van der Waals surface area contributed by atoms with Crippen molar-refractivity contribution in [1.82, 2.24) is 0 Å². The van der Waals surface area contributed by atoms with Gasteiger partial charge in [-0.25, -0.2) is 4.79 Å². The lowest BCUT2D eigenvalue weighted by atomic mass is 10.1. The summed E-state index contributed by atoms with van der Waals surface area (Å²) in [6.45, 7) is 5.42.